The molecule has 3 rings (SSSR count). The molecule has 1 atom stereocenters. The Hall–Kier alpha value is -1.69. The van der Waals surface area contributed by atoms with Gasteiger partial charge in [-0.1, -0.05) is 13.8 Å². The topological polar surface area (TPSA) is 69.6 Å². The van der Waals surface area contributed by atoms with Gasteiger partial charge in [-0.15, -0.1) is 0 Å². The van der Waals surface area contributed by atoms with Crippen molar-refractivity contribution in [3.05, 3.63) is 18.1 Å². The summed E-state index contributed by atoms with van der Waals surface area (Å²) >= 11 is 0. The number of piperidine rings is 2. The van der Waals surface area contributed by atoms with Gasteiger partial charge in [-0.3, -0.25) is 4.79 Å². The Kier molecular flexibility index (Phi) is 5.04. The second-order valence-corrected chi connectivity index (χ2v) is 7.52. The number of rotatable bonds is 4. The maximum absolute atomic E-state index is 12.1. The third-order valence-corrected chi connectivity index (χ3v) is 5.42. The maximum atomic E-state index is 12.1. The minimum Gasteiger partial charge on any atom is -0.395 e. The second-order valence-electron chi connectivity index (χ2n) is 7.52. The van der Waals surface area contributed by atoms with Crippen molar-refractivity contribution in [3.8, 4) is 0 Å². The van der Waals surface area contributed by atoms with Crippen LogP contribution in [-0.2, 0) is 4.79 Å². The molecule has 0 unspecified atom stereocenters. The molecule has 24 heavy (non-hydrogen) atoms. The molecule has 1 spiro atoms. The Morgan fingerprint density at radius 1 is 1.33 bits per heavy atom. The van der Waals surface area contributed by atoms with Crippen molar-refractivity contribution in [2.24, 2.45) is 5.41 Å². The molecule has 2 aliphatic heterocycles. The highest BCUT2D eigenvalue weighted by Crippen LogP contribution is 2.40. The van der Waals surface area contributed by atoms with Crippen LogP contribution in [0.5, 0.6) is 0 Å². The summed E-state index contributed by atoms with van der Waals surface area (Å²) in [6.07, 6.45) is 7.34. The van der Waals surface area contributed by atoms with Gasteiger partial charge in [-0.05, 0) is 25.2 Å². The fraction of sp³-hybridized carbons (Fsp3) is 0.722. The molecule has 132 valence electrons. The van der Waals surface area contributed by atoms with Crippen molar-refractivity contribution in [2.75, 3.05) is 37.7 Å². The molecule has 3 heterocycles. The Balaban J connectivity index is 1.81. The van der Waals surface area contributed by atoms with Crippen molar-refractivity contribution >= 4 is 11.7 Å². The Labute approximate surface area is 143 Å². The van der Waals surface area contributed by atoms with Gasteiger partial charge in [0.25, 0.3) is 0 Å². The SMILES string of the molecule is CC(C)c1cncnc1N1CCC[C@@]2(CCC(=O)N(CCO)C2)C1. The summed E-state index contributed by atoms with van der Waals surface area (Å²) in [5, 5.41) is 9.23. The lowest BCUT2D eigenvalue weighted by atomic mass is 9.73. The van der Waals surface area contributed by atoms with Crippen LogP contribution >= 0.6 is 0 Å². The van der Waals surface area contributed by atoms with Crippen molar-refractivity contribution in [1.29, 1.82) is 0 Å². The standard InChI is InChI=1S/C18H28N4O2/c1-14(2)15-10-19-13-20-17(15)22-7-3-5-18(12-22)6-4-16(24)21(11-18)8-9-23/h10,13-14,23H,3-9,11-12H2,1-2H3/t18-/m0/s1. The zero-order valence-corrected chi connectivity index (χ0v) is 14.7. The van der Waals surface area contributed by atoms with Gasteiger partial charge >= 0.3 is 0 Å². The Morgan fingerprint density at radius 3 is 2.92 bits per heavy atom. The molecule has 0 bridgehead atoms. The fourth-order valence-electron chi connectivity index (χ4n) is 4.15. The van der Waals surface area contributed by atoms with Crippen LogP contribution in [0, 0.1) is 5.41 Å². The monoisotopic (exact) mass is 332 g/mol. The number of nitrogens with zero attached hydrogens (tertiary/aromatic N) is 4. The smallest absolute Gasteiger partial charge is 0.222 e. The molecule has 0 saturated carbocycles. The first-order valence-corrected chi connectivity index (χ1v) is 8.98. The molecule has 2 aliphatic rings. The molecular formula is C18H28N4O2. The molecule has 1 aromatic rings. The van der Waals surface area contributed by atoms with E-state index in [-0.39, 0.29) is 17.9 Å². The highest BCUT2D eigenvalue weighted by Gasteiger charge is 2.42. The van der Waals surface area contributed by atoms with E-state index in [4.69, 9.17) is 0 Å². The van der Waals surface area contributed by atoms with Gasteiger partial charge in [0.05, 0.1) is 6.61 Å². The van der Waals surface area contributed by atoms with Crippen LogP contribution in [0.1, 0.15) is 51.0 Å². The number of hydrogen-bond acceptors (Lipinski definition) is 5. The molecule has 1 N–H and O–H groups in total. The maximum Gasteiger partial charge on any atom is 0.222 e. The minimum atomic E-state index is 0.0366. The predicted octanol–water partition coefficient (Wildman–Crippen LogP) is 1.80. The lowest BCUT2D eigenvalue weighted by molar-refractivity contribution is -0.138. The molecule has 6 nitrogen and oxygen atoms in total. The van der Waals surface area contributed by atoms with Crippen LogP contribution in [0.15, 0.2) is 12.5 Å². The summed E-state index contributed by atoms with van der Waals surface area (Å²) in [6, 6.07) is 0. The van der Waals surface area contributed by atoms with Crippen molar-refractivity contribution in [3.63, 3.8) is 0 Å². The number of likely N-dealkylation sites (tertiary alicyclic amines) is 1. The highest BCUT2D eigenvalue weighted by atomic mass is 16.3. The van der Waals surface area contributed by atoms with Gasteiger partial charge in [0.1, 0.15) is 12.1 Å². The first-order valence-electron chi connectivity index (χ1n) is 8.98. The van der Waals surface area contributed by atoms with Crippen LogP contribution in [0.25, 0.3) is 0 Å². The molecule has 0 aromatic carbocycles. The summed E-state index contributed by atoms with van der Waals surface area (Å²) in [7, 11) is 0. The van der Waals surface area contributed by atoms with Crippen LogP contribution in [0.2, 0.25) is 0 Å². The summed E-state index contributed by atoms with van der Waals surface area (Å²) in [5.41, 5.74) is 1.31. The van der Waals surface area contributed by atoms with Crippen LogP contribution < -0.4 is 4.90 Å². The number of carbonyl (C=O) groups excluding carboxylic acids is 1. The molecular weight excluding hydrogens is 304 g/mol. The highest BCUT2D eigenvalue weighted by molar-refractivity contribution is 5.77. The molecule has 6 heteroatoms. The van der Waals surface area contributed by atoms with E-state index in [0.29, 0.717) is 18.9 Å². The second kappa shape index (κ2) is 7.05. The zero-order chi connectivity index (χ0) is 17.2. The van der Waals surface area contributed by atoms with E-state index in [2.05, 4.69) is 28.7 Å². The van der Waals surface area contributed by atoms with Crippen molar-refractivity contribution < 1.29 is 9.90 Å². The number of amides is 1. The first-order chi connectivity index (χ1) is 11.5. The number of aliphatic hydroxyl groups excluding tert-OH is 1. The summed E-state index contributed by atoms with van der Waals surface area (Å²) < 4.78 is 0. The van der Waals surface area contributed by atoms with E-state index in [1.165, 1.54) is 5.56 Å². The third-order valence-electron chi connectivity index (χ3n) is 5.42. The molecule has 2 fully saturated rings. The molecule has 1 aromatic heterocycles. The number of hydrogen-bond donors (Lipinski definition) is 1. The quantitative estimate of drug-likeness (QED) is 0.910. The van der Waals surface area contributed by atoms with E-state index in [1.54, 1.807) is 6.33 Å². The summed E-state index contributed by atoms with van der Waals surface area (Å²) in [6.45, 7) is 7.52. The van der Waals surface area contributed by atoms with E-state index in [1.807, 2.05) is 11.1 Å². The fourth-order valence-corrected chi connectivity index (χ4v) is 4.15. The van der Waals surface area contributed by atoms with Crippen LogP contribution in [0.3, 0.4) is 0 Å². The number of aliphatic hydroxyl groups is 1. The lowest BCUT2D eigenvalue weighted by Crippen LogP contribution is -2.54. The average molecular weight is 332 g/mol. The Bertz CT molecular complexity index is 592. The van der Waals surface area contributed by atoms with Gasteiger partial charge < -0.3 is 14.9 Å². The lowest BCUT2D eigenvalue weighted by Gasteiger charge is -2.48. The van der Waals surface area contributed by atoms with E-state index in [0.717, 1.165) is 44.7 Å². The van der Waals surface area contributed by atoms with Gasteiger partial charge in [-0.2, -0.15) is 0 Å². The van der Waals surface area contributed by atoms with Crippen molar-refractivity contribution in [1.82, 2.24) is 14.9 Å². The van der Waals surface area contributed by atoms with Gasteiger partial charge in [0.15, 0.2) is 0 Å². The zero-order valence-electron chi connectivity index (χ0n) is 14.7. The molecule has 0 aliphatic carbocycles. The number of carbonyl (C=O) groups is 1. The summed E-state index contributed by atoms with van der Waals surface area (Å²) in [4.78, 5) is 25.1. The Morgan fingerprint density at radius 2 is 2.17 bits per heavy atom. The molecule has 1 amide bonds. The van der Waals surface area contributed by atoms with Gasteiger partial charge in [0.2, 0.25) is 5.91 Å². The molecule has 2 saturated heterocycles. The first kappa shape index (κ1) is 17.1. The van der Waals surface area contributed by atoms with Crippen LogP contribution in [-0.4, -0.2) is 58.7 Å². The van der Waals surface area contributed by atoms with E-state index < -0.39 is 0 Å². The number of β-amino-alcohol motifs (C(OH)–C–C–N with tert-alkyl or cyclic N) is 1. The average Bonchev–Trinajstić information content (AvgIpc) is 2.59. The van der Waals surface area contributed by atoms with Crippen LogP contribution in [0.4, 0.5) is 5.82 Å². The van der Waals surface area contributed by atoms with Gasteiger partial charge in [-0.25, -0.2) is 9.97 Å². The number of anilines is 1. The minimum absolute atomic E-state index is 0.0366. The largest absolute Gasteiger partial charge is 0.395 e. The summed E-state index contributed by atoms with van der Waals surface area (Å²) in [5.74, 6) is 1.61. The van der Waals surface area contributed by atoms with Gasteiger partial charge in [0, 0.05) is 49.8 Å². The number of aromatic nitrogens is 2. The normalized spacial score (nSPS) is 24.9. The van der Waals surface area contributed by atoms with Crippen molar-refractivity contribution in [2.45, 2.75) is 45.4 Å². The predicted molar refractivity (Wildman–Crippen MR) is 92.9 cm³/mol. The van der Waals surface area contributed by atoms with E-state index in [9.17, 15) is 9.90 Å². The third kappa shape index (κ3) is 3.38. The van der Waals surface area contributed by atoms with E-state index >= 15 is 0 Å². The molecule has 0 radical (unpaired) electrons.